The number of anilines is 1. The highest BCUT2D eigenvalue weighted by Gasteiger charge is 2.29. The van der Waals surface area contributed by atoms with Gasteiger partial charge in [-0.15, -0.1) is 0 Å². The lowest BCUT2D eigenvalue weighted by atomic mass is 10.1. The van der Waals surface area contributed by atoms with Crippen molar-refractivity contribution in [3.63, 3.8) is 0 Å². The minimum atomic E-state index is -3.64. The molecule has 0 aromatic heterocycles. The third-order valence-corrected chi connectivity index (χ3v) is 6.24. The average molecular weight is 435 g/mol. The Morgan fingerprint density at radius 1 is 1.03 bits per heavy atom. The first kappa shape index (κ1) is 23.5. The quantitative estimate of drug-likeness (QED) is 0.656. The van der Waals surface area contributed by atoms with E-state index in [1.54, 1.807) is 33.3 Å². The third-order valence-electron chi connectivity index (χ3n) is 4.99. The molecule has 0 fully saturated rings. The molecule has 0 saturated carbocycles. The van der Waals surface area contributed by atoms with Crippen LogP contribution >= 0.6 is 0 Å². The van der Waals surface area contributed by atoms with Crippen molar-refractivity contribution in [2.24, 2.45) is 0 Å². The van der Waals surface area contributed by atoms with Gasteiger partial charge in [0, 0.05) is 6.54 Å². The Balaban J connectivity index is 2.10. The highest BCUT2D eigenvalue weighted by molar-refractivity contribution is 7.92. The van der Waals surface area contributed by atoms with Crippen LogP contribution in [0.5, 0.6) is 11.5 Å². The van der Waals surface area contributed by atoms with Crippen molar-refractivity contribution >= 4 is 21.6 Å². The Morgan fingerprint density at radius 3 is 2.27 bits per heavy atom. The van der Waals surface area contributed by atoms with Crippen LogP contribution in [0.4, 0.5) is 5.69 Å². The number of carbonyl (C=O) groups is 1. The lowest BCUT2D eigenvalue weighted by Gasteiger charge is -2.28. The highest BCUT2D eigenvalue weighted by atomic mass is 32.2. The fourth-order valence-electron chi connectivity index (χ4n) is 3.19. The first-order valence-electron chi connectivity index (χ1n) is 9.63. The second kappa shape index (κ2) is 9.84. The van der Waals surface area contributed by atoms with E-state index in [9.17, 15) is 13.2 Å². The number of rotatable bonds is 9. The fraction of sp³-hybridized carbons (Fsp3) is 0.409. The largest absolute Gasteiger partial charge is 0.493 e. The van der Waals surface area contributed by atoms with Crippen LogP contribution < -0.4 is 19.1 Å². The molecule has 164 valence electrons. The monoisotopic (exact) mass is 434 g/mol. The second-order valence-corrected chi connectivity index (χ2v) is 9.09. The Bertz CT molecular complexity index is 1000. The van der Waals surface area contributed by atoms with E-state index in [-0.39, 0.29) is 5.91 Å². The molecule has 0 unspecified atom stereocenters. The van der Waals surface area contributed by atoms with Gasteiger partial charge in [-0.3, -0.25) is 9.10 Å². The van der Waals surface area contributed by atoms with Gasteiger partial charge in [-0.2, -0.15) is 0 Å². The van der Waals surface area contributed by atoms with E-state index in [4.69, 9.17) is 9.47 Å². The van der Waals surface area contributed by atoms with Gasteiger partial charge in [0.2, 0.25) is 15.9 Å². The molecule has 7 nitrogen and oxygen atoms in total. The van der Waals surface area contributed by atoms with E-state index in [1.165, 1.54) is 0 Å². The number of ether oxygens (including phenoxy) is 2. The Hall–Kier alpha value is -2.74. The zero-order valence-corrected chi connectivity index (χ0v) is 19.2. The minimum absolute atomic E-state index is 0.362. The lowest BCUT2D eigenvalue weighted by Crippen LogP contribution is -2.48. The number of methoxy groups -OCH3 is 2. The van der Waals surface area contributed by atoms with Gasteiger partial charge in [-0.25, -0.2) is 8.42 Å². The van der Waals surface area contributed by atoms with Crippen molar-refractivity contribution in [2.45, 2.75) is 33.2 Å². The first-order chi connectivity index (χ1) is 14.1. The van der Waals surface area contributed by atoms with E-state index in [1.807, 2.05) is 38.1 Å². The zero-order chi connectivity index (χ0) is 22.5. The Labute approximate surface area is 179 Å². The molecule has 0 aliphatic rings. The van der Waals surface area contributed by atoms with Crippen LogP contribution in [-0.2, 0) is 21.2 Å². The predicted molar refractivity (Wildman–Crippen MR) is 119 cm³/mol. The van der Waals surface area contributed by atoms with Gasteiger partial charge in [0.25, 0.3) is 0 Å². The van der Waals surface area contributed by atoms with Gasteiger partial charge in [0.15, 0.2) is 11.5 Å². The Morgan fingerprint density at radius 2 is 1.70 bits per heavy atom. The Kier molecular flexibility index (Phi) is 7.72. The van der Waals surface area contributed by atoms with Crippen LogP contribution in [0, 0.1) is 13.8 Å². The van der Waals surface area contributed by atoms with Crippen LogP contribution in [0.3, 0.4) is 0 Å². The van der Waals surface area contributed by atoms with E-state index in [2.05, 4.69) is 5.32 Å². The summed E-state index contributed by atoms with van der Waals surface area (Å²) in [5.41, 5.74) is 3.46. The molecule has 0 aliphatic heterocycles. The molecular weight excluding hydrogens is 404 g/mol. The van der Waals surface area contributed by atoms with E-state index < -0.39 is 16.1 Å². The molecule has 2 aromatic carbocycles. The summed E-state index contributed by atoms with van der Waals surface area (Å²) in [5, 5.41) is 2.83. The van der Waals surface area contributed by atoms with Crippen LogP contribution in [0.1, 0.15) is 23.6 Å². The minimum Gasteiger partial charge on any atom is -0.493 e. The summed E-state index contributed by atoms with van der Waals surface area (Å²) < 4.78 is 36.5. The molecule has 0 radical (unpaired) electrons. The van der Waals surface area contributed by atoms with E-state index in [0.29, 0.717) is 30.2 Å². The van der Waals surface area contributed by atoms with E-state index >= 15 is 0 Å². The number of nitrogens with zero attached hydrogens (tertiary/aromatic N) is 1. The molecule has 1 atom stereocenters. The molecule has 0 heterocycles. The summed E-state index contributed by atoms with van der Waals surface area (Å²) in [6.07, 6.45) is 1.68. The number of nitrogens with one attached hydrogen (secondary N) is 1. The third kappa shape index (κ3) is 5.66. The fourth-order valence-corrected chi connectivity index (χ4v) is 4.35. The van der Waals surface area contributed by atoms with Gasteiger partial charge < -0.3 is 14.8 Å². The van der Waals surface area contributed by atoms with Crippen molar-refractivity contribution in [1.82, 2.24) is 5.32 Å². The maximum atomic E-state index is 12.7. The standard InChI is InChI=1S/C22H30N2O5S/c1-15-7-9-19(13-16(15)2)24(30(6,26)27)17(3)22(25)23-12-11-18-8-10-20(28-4)21(14-18)29-5/h7-10,13-14,17H,11-12H2,1-6H3,(H,23,25)/t17-/m0/s1. The smallest absolute Gasteiger partial charge is 0.243 e. The second-order valence-electron chi connectivity index (χ2n) is 7.23. The summed E-state index contributed by atoms with van der Waals surface area (Å²) in [5.74, 6) is 0.892. The highest BCUT2D eigenvalue weighted by Crippen LogP contribution is 2.27. The van der Waals surface area contributed by atoms with Crippen LogP contribution in [-0.4, -0.2) is 47.4 Å². The van der Waals surface area contributed by atoms with Gasteiger partial charge in [-0.1, -0.05) is 12.1 Å². The molecule has 1 N–H and O–H groups in total. The van der Waals surface area contributed by atoms with Gasteiger partial charge in [-0.05, 0) is 68.1 Å². The predicted octanol–water partition coefficient (Wildman–Crippen LogP) is 2.83. The van der Waals surface area contributed by atoms with Gasteiger partial charge in [0.1, 0.15) is 6.04 Å². The van der Waals surface area contributed by atoms with Crippen molar-refractivity contribution in [1.29, 1.82) is 0 Å². The summed E-state index contributed by atoms with van der Waals surface area (Å²) in [6.45, 7) is 5.81. The summed E-state index contributed by atoms with van der Waals surface area (Å²) in [4.78, 5) is 12.7. The lowest BCUT2D eigenvalue weighted by molar-refractivity contribution is -0.121. The van der Waals surface area contributed by atoms with Crippen LogP contribution in [0.15, 0.2) is 36.4 Å². The summed E-state index contributed by atoms with van der Waals surface area (Å²) >= 11 is 0. The van der Waals surface area contributed by atoms with Crippen molar-refractivity contribution < 1.29 is 22.7 Å². The number of carbonyl (C=O) groups excluding carboxylic acids is 1. The molecule has 0 spiro atoms. The summed E-state index contributed by atoms with van der Waals surface area (Å²) in [7, 11) is -0.505. The maximum Gasteiger partial charge on any atom is 0.243 e. The number of hydrogen-bond acceptors (Lipinski definition) is 5. The van der Waals surface area contributed by atoms with Gasteiger partial charge >= 0.3 is 0 Å². The topological polar surface area (TPSA) is 84.9 Å². The molecular formula is C22H30N2O5S. The number of aryl methyl sites for hydroxylation is 2. The van der Waals surface area contributed by atoms with Gasteiger partial charge in [0.05, 0.1) is 26.2 Å². The number of hydrogen-bond donors (Lipinski definition) is 1. The number of sulfonamides is 1. The van der Waals surface area contributed by atoms with Crippen molar-refractivity contribution in [2.75, 3.05) is 31.3 Å². The average Bonchev–Trinajstić information content (AvgIpc) is 2.69. The van der Waals surface area contributed by atoms with Crippen molar-refractivity contribution in [3.05, 3.63) is 53.1 Å². The summed E-state index contributed by atoms with van der Waals surface area (Å²) in [6, 6.07) is 10.0. The molecule has 0 aliphatic carbocycles. The molecule has 2 rings (SSSR count). The molecule has 1 amide bonds. The van der Waals surface area contributed by atoms with E-state index in [0.717, 1.165) is 27.3 Å². The normalized spacial score (nSPS) is 12.2. The first-order valence-corrected chi connectivity index (χ1v) is 11.5. The number of benzene rings is 2. The molecule has 2 aromatic rings. The maximum absolute atomic E-state index is 12.7. The SMILES string of the molecule is COc1ccc(CCNC(=O)[C@H](C)N(c2ccc(C)c(C)c2)S(C)(=O)=O)cc1OC. The molecule has 0 saturated heterocycles. The molecule has 30 heavy (non-hydrogen) atoms. The zero-order valence-electron chi connectivity index (χ0n) is 18.4. The van der Waals surface area contributed by atoms with Crippen LogP contribution in [0.25, 0.3) is 0 Å². The molecule has 0 bridgehead atoms. The molecule has 8 heteroatoms. The van der Waals surface area contributed by atoms with Crippen LogP contribution in [0.2, 0.25) is 0 Å². The number of amides is 1. The van der Waals surface area contributed by atoms with Crippen molar-refractivity contribution in [3.8, 4) is 11.5 Å².